The van der Waals surface area contributed by atoms with Gasteiger partial charge in [0, 0.05) is 25.8 Å². The summed E-state index contributed by atoms with van der Waals surface area (Å²) in [5.74, 6) is 0.801. The Morgan fingerprint density at radius 2 is 1.90 bits per heavy atom. The molecule has 1 N–H and O–H groups in total. The number of rotatable bonds is 9. The number of nitrogens with zero attached hydrogens (tertiary/aromatic N) is 1. The first-order chi connectivity index (χ1) is 9.54. The van der Waals surface area contributed by atoms with Gasteiger partial charge in [-0.25, -0.2) is 0 Å². The van der Waals surface area contributed by atoms with Crippen molar-refractivity contribution in [1.82, 2.24) is 5.32 Å². The number of hydrogen-bond acceptors (Lipinski definition) is 2. The smallest absolute Gasteiger partial charge is 0.0364 e. The third kappa shape index (κ3) is 5.96. The highest BCUT2D eigenvalue weighted by Gasteiger charge is 2.11. The zero-order valence-corrected chi connectivity index (χ0v) is 13.9. The van der Waals surface area contributed by atoms with Crippen molar-refractivity contribution in [3.8, 4) is 0 Å². The summed E-state index contributed by atoms with van der Waals surface area (Å²) < 4.78 is 0. The molecule has 1 aromatic carbocycles. The van der Waals surface area contributed by atoms with E-state index in [1.807, 2.05) is 0 Å². The second-order valence-corrected chi connectivity index (χ2v) is 6.32. The van der Waals surface area contributed by atoms with E-state index < -0.39 is 0 Å². The first-order valence-electron chi connectivity index (χ1n) is 8.05. The van der Waals surface area contributed by atoms with Crippen LogP contribution in [0, 0.1) is 5.92 Å². The predicted molar refractivity (Wildman–Crippen MR) is 90.5 cm³/mol. The van der Waals surface area contributed by atoms with Gasteiger partial charge in [0.15, 0.2) is 0 Å². The van der Waals surface area contributed by atoms with Crippen LogP contribution in [-0.4, -0.2) is 20.6 Å². The lowest BCUT2D eigenvalue weighted by atomic mass is 9.97. The van der Waals surface area contributed by atoms with E-state index in [0.717, 1.165) is 12.5 Å². The third-order valence-corrected chi connectivity index (χ3v) is 3.70. The van der Waals surface area contributed by atoms with Crippen LogP contribution >= 0.6 is 0 Å². The Morgan fingerprint density at radius 1 is 1.15 bits per heavy atom. The van der Waals surface area contributed by atoms with E-state index in [2.05, 4.69) is 69.3 Å². The molecular weight excluding hydrogens is 244 g/mol. The van der Waals surface area contributed by atoms with Crippen molar-refractivity contribution in [2.75, 3.05) is 25.5 Å². The van der Waals surface area contributed by atoms with Crippen LogP contribution in [0.2, 0.25) is 0 Å². The lowest BCUT2D eigenvalue weighted by Crippen LogP contribution is -2.22. The largest absolute Gasteiger partial charge is 0.378 e. The SMILES string of the molecule is CCCNC(CCCC(C)C)c1cccc(N(C)C)c1. The topological polar surface area (TPSA) is 15.3 Å². The molecule has 0 saturated carbocycles. The van der Waals surface area contributed by atoms with Crippen molar-refractivity contribution < 1.29 is 0 Å². The lowest BCUT2D eigenvalue weighted by Gasteiger charge is -2.22. The Balaban J connectivity index is 2.72. The maximum Gasteiger partial charge on any atom is 0.0364 e. The minimum absolute atomic E-state index is 0.494. The molecule has 0 aliphatic carbocycles. The molecule has 0 saturated heterocycles. The molecule has 0 aliphatic heterocycles. The summed E-state index contributed by atoms with van der Waals surface area (Å²) in [4.78, 5) is 2.18. The molecule has 20 heavy (non-hydrogen) atoms. The summed E-state index contributed by atoms with van der Waals surface area (Å²) in [5.41, 5.74) is 2.71. The van der Waals surface area contributed by atoms with Crippen LogP contribution in [0.1, 0.15) is 58.1 Å². The zero-order chi connectivity index (χ0) is 15.0. The van der Waals surface area contributed by atoms with Gasteiger partial charge in [0.25, 0.3) is 0 Å². The Morgan fingerprint density at radius 3 is 2.50 bits per heavy atom. The third-order valence-electron chi connectivity index (χ3n) is 3.70. The molecule has 0 aliphatic rings. The number of hydrogen-bond donors (Lipinski definition) is 1. The van der Waals surface area contributed by atoms with Gasteiger partial charge < -0.3 is 10.2 Å². The van der Waals surface area contributed by atoms with Crippen LogP contribution in [0.4, 0.5) is 5.69 Å². The highest BCUT2D eigenvalue weighted by molar-refractivity contribution is 5.47. The fraction of sp³-hybridized carbons (Fsp3) is 0.667. The maximum absolute atomic E-state index is 3.71. The van der Waals surface area contributed by atoms with Crippen molar-refractivity contribution in [2.45, 2.75) is 52.5 Å². The van der Waals surface area contributed by atoms with Crippen molar-refractivity contribution in [1.29, 1.82) is 0 Å². The van der Waals surface area contributed by atoms with Crippen molar-refractivity contribution in [3.05, 3.63) is 29.8 Å². The van der Waals surface area contributed by atoms with Gasteiger partial charge in [-0.2, -0.15) is 0 Å². The van der Waals surface area contributed by atoms with E-state index in [0.29, 0.717) is 6.04 Å². The minimum Gasteiger partial charge on any atom is -0.378 e. The molecule has 1 aromatic rings. The van der Waals surface area contributed by atoms with Gasteiger partial charge in [-0.15, -0.1) is 0 Å². The van der Waals surface area contributed by atoms with Crippen LogP contribution in [0.15, 0.2) is 24.3 Å². The summed E-state index contributed by atoms with van der Waals surface area (Å²) in [5, 5.41) is 3.71. The van der Waals surface area contributed by atoms with Gasteiger partial charge in [0.1, 0.15) is 0 Å². The average Bonchev–Trinajstić information content (AvgIpc) is 2.42. The lowest BCUT2D eigenvalue weighted by molar-refractivity contribution is 0.447. The highest BCUT2D eigenvalue weighted by Crippen LogP contribution is 2.24. The maximum atomic E-state index is 3.71. The van der Waals surface area contributed by atoms with Gasteiger partial charge in [-0.3, -0.25) is 0 Å². The molecule has 2 heteroatoms. The molecule has 1 rings (SSSR count). The molecule has 0 heterocycles. The number of anilines is 1. The predicted octanol–water partition coefficient (Wildman–Crippen LogP) is 4.62. The van der Waals surface area contributed by atoms with Gasteiger partial charge in [0.05, 0.1) is 0 Å². The van der Waals surface area contributed by atoms with Crippen LogP contribution in [0.25, 0.3) is 0 Å². The van der Waals surface area contributed by atoms with E-state index in [1.165, 1.54) is 36.9 Å². The van der Waals surface area contributed by atoms with Crippen LogP contribution in [-0.2, 0) is 0 Å². The Hall–Kier alpha value is -1.02. The normalized spacial score (nSPS) is 12.7. The molecule has 0 amide bonds. The van der Waals surface area contributed by atoms with Gasteiger partial charge >= 0.3 is 0 Å². The Bertz CT molecular complexity index is 371. The Kier molecular flexibility index (Phi) is 7.68. The fourth-order valence-corrected chi connectivity index (χ4v) is 2.46. The molecule has 0 aromatic heterocycles. The summed E-state index contributed by atoms with van der Waals surface area (Å²) in [6.07, 6.45) is 5.03. The molecule has 1 atom stereocenters. The van der Waals surface area contributed by atoms with E-state index in [-0.39, 0.29) is 0 Å². The summed E-state index contributed by atoms with van der Waals surface area (Å²) in [6.45, 7) is 7.94. The van der Waals surface area contributed by atoms with E-state index in [1.54, 1.807) is 0 Å². The molecule has 114 valence electrons. The van der Waals surface area contributed by atoms with Crippen LogP contribution in [0.5, 0.6) is 0 Å². The number of benzene rings is 1. The van der Waals surface area contributed by atoms with Crippen molar-refractivity contribution in [2.24, 2.45) is 5.92 Å². The quantitative estimate of drug-likeness (QED) is 0.708. The van der Waals surface area contributed by atoms with Gasteiger partial charge in [-0.05, 0) is 43.0 Å². The van der Waals surface area contributed by atoms with Crippen LogP contribution in [0.3, 0.4) is 0 Å². The van der Waals surface area contributed by atoms with Gasteiger partial charge in [-0.1, -0.05) is 45.7 Å². The van der Waals surface area contributed by atoms with Crippen molar-refractivity contribution >= 4 is 5.69 Å². The first kappa shape index (κ1) is 17.0. The van der Waals surface area contributed by atoms with E-state index in [9.17, 15) is 0 Å². The summed E-state index contributed by atoms with van der Waals surface area (Å²) >= 11 is 0. The number of nitrogens with one attached hydrogen (secondary N) is 1. The standard InChI is InChI=1S/C18H32N2/c1-6-13-19-18(12-7-9-15(2)3)16-10-8-11-17(14-16)20(4)5/h8,10-11,14-15,18-19H,6-7,9,12-13H2,1-5H3. The minimum atomic E-state index is 0.494. The zero-order valence-electron chi connectivity index (χ0n) is 13.9. The molecule has 2 nitrogen and oxygen atoms in total. The van der Waals surface area contributed by atoms with E-state index in [4.69, 9.17) is 0 Å². The molecular formula is C18H32N2. The second-order valence-electron chi connectivity index (χ2n) is 6.32. The summed E-state index contributed by atoms with van der Waals surface area (Å²) in [7, 11) is 4.21. The van der Waals surface area contributed by atoms with Gasteiger partial charge in [0.2, 0.25) is 0 Å². The van der Waals surface area contributed by atoms with Crippen molar-refractivity contribution in [3.63, 3.8) is 0 Å². The molecule has 0 bridgehead atoms. The van der Waals surface area contributed by atoms with Crippen LogP contribution < -0.4 is 10.2 Å². The molecule has 1 unspecified atom stereocenters. The molecule has 0 radical (unpaired) electrons. The molecule has 0 fully saturated rings. The average molecular weight is 276 g/mol. The first-order valence-corrected chi connectivity index (χ1v) is 8.05. The second kappa shape index (κ2) is 9.02. The van der Waals surface area contributed by atoms with E-state index >= 15 is 0 Å². The molecule has 0 spiro atoms. The summed E-state index contributed by atoms with van der Waals surface area (Å²) in [6, 6.07) is 9.43. The highest BCUT2D eigenvalue weighted by atomic mass is 15.1. The monoisotopic (exact) mass is 276 g/mol. The Labute approximate surface area is 125 Å². The fourth-order valence-electron chi connectivity index (χ4n) is 2.46.